The first kappa shape index (κ1) is 13.3. The van der Waals surface area contributed by atoms with Gasteiger partial charge in [-0.3, -0.25) is 0 Å². The fraction of sp³-hybridized carbons (Fsp3) is 0.600. The first-order valence-electron chi connectivity index (χ1n) is 2.92. The van der Waals surface area contributed by atoms with E-state index in [1.54, 1.807) is 0 Å². The monoisotopic (exact) mass is 242 g/mol. The van der Waals surface area contributed by atoms with Gasteiger partial charge in [0.05, 0.1) is 0 Å². The van der Waals surface area contributed by atoms with Crippen molar-refractivity contribution < 1.29 is 34.8 Å². The van der Waals surface area contributed by atoms with Crippen molar-refractivity contribution in [2.24, 2.45) is 0 Å². The molecule has 14 heavy (non-hydrogen) atoms. The van der Waals surface area contributed by atoms with Crippen molar-refractivity contribution >= 4 is 9.84 Å². The van der Waals surface area contributed by atoms with Crippen LogP contribution in [0.15, 0.2) is 12.0 Å². The van der Waals surface area contributed by atoms with Crippen LogP contribution in [-0.4, -0.2) is 26.0 Å². The van der Waals surface area contributed by atoms with Crippen LogP contribution in [-0.2, 0) is 9.84 Å². The molecule has 0 aromatic heterocycles. The molecule has 0 rings (SSSR count). The van der Waals surface area contributed by atoms with Gasteiger partial charge in [-0.15, -0.1) is 0 Å². The SMILES string of the molecule is C=CS(=O)(=O)C(C(F)(F)F)C(F)(F)F. The van der Waals surface area contributed by atoms with Gasteiger partial charge >= 0.3 is 12.4 Å². The molecule has 0 aromatic carbocycles. The van der Waals surface area contributed by atoms with E-state index in [0.29, 0.717) is 0 Å². The lowest BCUT2D eigenvalue weighted by molar-refractivity contribution is -0.225. The lowest BCUT2D eigenvalue weighted by atomic mass is 10.4. The number of hydrogen-bond donors (Lipinski definition) is 0. The van der Waals surface area contributed by atoms with Crippen molar-refractivity contribution in [3.05, 3.63) is 12.0 Å². The molecule has 0 aliphatic rings. The molecular formula is C5H4F6O2S. The Labute approximate surface area is 75.1 Å². The molecule has 0 amide bonds. The van der Waals surface area contributed by atoms with Crippen molar-refractivity contribution in [2.45, 2.75) is 17.6 Å². The van der Waals surface area contributed by atoms with Crippen molar-refractivity contribution in [3.8, 4) is 0 Å². The van der Waals surface area contributed by atoms with E-state index in [1.165, 1.54) is 0 Å². The Bertz CT molecular complexity index is 296. The van der Waals surface area contributed by atoms with Gasteiger partial charge in [0.2, 0.25) is 0 Å². The smallest absolute Gasteiger partial charge is 0.223 e. The quantitative estimate of drug-likeness (QED) is 0.694. The molecule has 0 N–H and O–H groups in total. The van der Waals surface area contributed by atoms with Crippen LogP contribution in [0.25, 0.3) is 0 Å². The highest BCUT2D eigenvalue weighted by Gasteiger charge is 2.63. The van der Waals surface area contributed by atoms with E-state index >= 15 is 0 Å². The number of sulfone groups is 1. The van der Waals surface area contributed by atoms with E-state index in [4.69, 9.17) is 0 Å². The second-order valence-electron chi connectivity index (χ2n) is 2.22. The number of hydrogen-bond acceptors (Lipinski definition) is 2. The average Bonchev–Trinajstić information content (AvgIpc) is 1.79. The topological polar surface area (TPSA) is 34.1 Å². The van der Waals surface area contributed by atoms with E-state index in [0.717, 1.165) is 0 Å². The molecule has 0 fully saturated rings. The summed E-state index contributed by atoms with van der Waals surface area (Å²) in [6.07, 6.45) is -11.8. The highest BCUT2D eigenvalue weighted by atomic mass is 32.2. The van der Waals surface area contributed by atoms with Crippen LogP contribution in [0.5, 0.6) is 0 Å². The van der Waals surface area contributed by atoms with Gasteiger partial charge in [0.25, 0.3) is 5.25 Å². The Hall–Kier alpha value is -0.730. The Kier molecular flexibility index (Phi) is 3.27. The molecule has 0 aromatic rings. The molecule has 0 heterocycles. The summed E-state index contributed by atoms with van der Waals surface area (Å²) < 4.78 is 91.4. The third kappa shape index (κ3) is 2.89. The maximum absolute atomic E-state index is 11.8. The van der Waals surface area contributed by atoms with Crippen LogP contribution in [0.2, 0.25) is 0 Å². The molecule has 0 radical (unpaired) electrons. The van der Waals surface area contributed by atoms with Crippen molar-refractivity contribution in [3.63, 3.8) is 0 Å². The van der Waals surface area contributed by atoms with Crippen LogP contribution in [0.3, 0.4) is 0 Å². The minimum atomic E-state index is -5.90. The summed E-state index contributed by atoms with van der Waals surface area (Å²) in [6.45, 7) is 2.39. The number of rotatable bonds is 2. The second-order valence-corrected chi connectivity index (χ2v) is 4.20. The molecule has 0 aliphatic heterocycles. The lowest BCUT2D eigenvalue weighted by Crippen LogP contribution is -2.47. The molecule has 0 bridgehead atoms. The van der Waals surface area contributed by atoms with E-state index in [9.17, 15) is 34.8 Å². The molecule has 0 saturated carbocycles. The normalized spacial score (nSPS) is 14.5. The van der Waals surface area contributed by atoms with Crippen LogP contribution in [0, 0.1) is 0 Å². The molecular weight excluding hydrogens is 238 g/mol. The van der Waals surface area contributed by atoms with E-state index in [2.05, 4.69) is 6.58 Å². The van der Waals surface area contributed by atoms with Crippen molar-refractivity contribution in [1.82, 2.24) is 0 Å². The van der Waals surface area contributed by atoms with Crippen LogP contribution in [0.1, 0.15) is 0 Å². The van der Waals surface area contributed by atoms with Gasteiger partial charge in [-0.2, -0.15) is 26.3 Å². The maximum Gasteiger partial charge on any atom is 0.414 e. The zero-order valence-corrected chi connectivity index (χ0v) is 7.17. The average molecular weight is 242 g/mol. The summed E-state index contributed by atoms with van der Waals surface area (Å²) in [6, 6.07) is 0. The van der Waals surface area contributed by atoms with Crippen LogP contribution >= 0.6 is 0 Å². The predicted octanol–water partition coefficient (Wildman–Crippen LogP) is 2.04. The third-order valence-corrected chi connectivity index (χ3v) is 2.81. The molecule has 0 saturated heterocycles. The molecule has 0 unspecified atom stereocenters. The highest BCUT2D eigenvalue weighted by Crippen LogP contribution is 2.38. The van der Waals surface area contributed by atoms with Gasteiger partial charge in [0.15, 0.2) is 9.84 Å². The molecule has 9 heteroatoms. The lowest BCUT2D eigenvalue weighted by Gasteiger charge is -2.20. The Morgan fingerprint density at radius 3 is 1.36 bits per heavy atom. The molecule has 2 nitrogen and oxygen atoms in total. The fourth-order valence-electron chi connectivity index (χ4n) is 0.654. The molecule has 0 aliphatic carbocycles. The van der Waals surface area contributed by atoms with Crippen LogP contribution < -0.4 is 0 Å². The summed E-state index contributed by atoms with van der Waals surface area (Å²) in [5.41, 5.74) is 0. The molecule has 0 atom stereocenters. The first-order chi connectivity index (χ1) is 5.93. The largest absolute Gasteiger partial charge is 0.414 e. The first-order valence-corrected chi connectivity index (χ1v) is 4.53. The van der Waals surface area contributed by atoms with E-state index in [1.807, 2.05) is 0 Å². The van der Waals surface area contributed by atoms with Gasteiger partial charge in [0, 0.05) is 5.41 Å². The number of alkyl halides is 6. The van der Waals surface area contributed by atoms with Gasteiger partial charge in [-0.05, 0) is 0 Å². The summed E-state index contributed by atoms with van der Waals surface area (Å²) in [7, 11) is -5.46. The Balaban J connectivity index is 5.49. The predicted molar refractivity (Wildman–Crippen MR) is 35.0 cm³/mol. The number of halogens is 6. The van der Waals surface area contributed by atoms with Gasteiger partial charge in [-0.25, -0.2) is 8.42 Å². The Morgan fingerprint density at radius 1 is 1.00 bits per heavy atom. The summed E-state index contributed by atoms with van der Waals surface area (Å²) in [5, 5.41) is -4.77. The van der Waals surface area contributed by atoms with Gasteiger partial charge in [-0.1, -0.05) is 6.58 Å². The van der Waals surface area contributed by atoms with Gasteiger partial charge < -0.3 is 0 Å². The standard InChI is InChI=1S/C5H4F6O2S/c1-2-14(12,13)3(4(6,7)8)5(9,10)11/h2-3H,1H2. The highest BCUT2D eigenvalue weighted by molar-refractivity contribution is 7.95. The molecule has 84 valence electrons. The summed E-state index contributed by atoms with van der Waals surface area (Å²) >= 11 is 0. The third-order valence-electron chi connectivity index (χ3n) is 1.16. The minimum absolute atomic E-state index is 0.362. The van der Waals surface area contributed by atoms with Crippen molar-refractivity contribution in [2.75, 3.05) is 0 Å². The van der Waals surface area contributed by atoms with E-state index < -0.39 is 27.4 Å². The Morgan fingerprint density at radius 2 is 1.29 bits per heavy atom. The summed E-state index contributed by atoms with van der Waals surface area (Å²) in [4.78, 5) is 0. The van der Waals surface area contributed by atoms with Crippen molar-refractivity contribution in [1.29, 1.82) is 0 Å². The van der Waals surface area contributed by atoms with Gasteiger partial charge in [0.1, 0.15) is 0 Å². The van der Waals surface area contributed by atoms with Crippen LogP contribution in [0.4, 0.5) is 26.3 Å². The summed E-state index contributed by atoms with van der Waals surface area (Å²) in [5.74, 6) is 0. The zero-order chi connectivity index (χ0) is 11.8. The zero-order valence-electron chi connectivity index (χ0n) is 6.35. The fourth-order valence-corrected chi connectivity index (χ4v) is 1.59. The maximum atomic E-state index is 11.8. The minimum Gasteiger partial charge on any atom is -0.223 e. The van der Waals surface area contributed by atoms with E-state index in [-0.39, 0.29) is 5.41 Å². The molecule has 0 spiro atoms. The second kappa shape index (κ2) is 3.44.